The van der Waals surface area contributed by atoms with Crippen molar-refractivity contribution in [3.8, 4) is 0 Å². The Morgan fingerprint density at radius 1 is 0.878 bits per heavy atom. The number of alkyl carbamates (subject to hydrolysis) is 1. The summed E-state index contributed by atoms with van der Waals surface area (Å²) in [5.74, 6) is 5.05. The van der Waals surface area contributed by atoms with Gasteiger partial charge < -0.3 is 34.1 Å². The third-order valence-corrected chi connectivity index (χ3v) is 13.2. The molecule has 4 aliphatic carbocycles. The molecule has 8 heteroatoms. The predicted molar refractivity (Wildman–Crippen MR) is 196 cm³/mol. The summed E-state index contributed by atoms with van der Waals surface area (Å²) < 4.78 is 27.9. The second kappa shape index (κ2) is 20.2. The zero-order valence-corrected chi connectivity index (χ0v) is 32.1. The van der Waals surface area contributed by atoms with Crippen molar-refractivity contribution in [2.24, 2.45) is 46.3 Å². The number of carbonyl (C=O) groups excluding carboxylic acids is 1. The Kier molecular flexibility index (Phi) is 16.7. The third kappa shape index (κ3) is 11.4. The molecule has 0 aromatic heterocycles. The highest BCUT2D eigenvalue weighted by atomic mass is 16.6. The molecule has 0 radical (unpaired) electrons. The Hall–Kier alpha value is -1.19. The van der Waals surface area contributed by atoms with Gasteiger partial charge in [0.15, 0.2) is 0 Å². The van der Waals surface area contributed by atoms with Crippen LogP contribution < -0.4 is 5.32 Å². The lowest BCUT2D eigenvalue weighted by Crippen LogP contribution is -2.51. The molecular weight excluding hydrogens is 618 g/mol. The van der Waals surface area contributed by atoms with Crippen LogP contribution in [0.2, 0.25) is 0 Å². The molecule has 0 saturated heterocycles. The maximum absolute atomic E-state index is 12.6. The maximum Gasteiger partial charge on any atom is 0.407 e. The highest BCUT2D eigenvalue weighted by Gasteiger charge is 2.59. The first-order valence-corrected chi connectivity index (χ1v) is 20.2. The minimum Gasteiger partial charge on any atom is -0.446 e. The van der Waals surface area contributed by atoms with E-state index in [0.29, 0.717) is 71.2 Å². The number of amides is 1. The van der Waals surface area contributed by atoms with Crippen LogP contribution in [0.15, 0.2) is 11.6 Å². The molecule has 0 aromatic carbocycles. The topological polar surface area (TPSA) is 95.5 Å². The van der Waals surface area contributed by atoms with Crippen molar-refractivity contribution in [1.29, 1.82) is 0 Å². The molecule has 1 amide bonds. The fourth-order valence-corrected chi connectivity index (χ4v) is 10.3. The molecule has 284 valence electrons. The molecule has 9 atom stereocenters. The number of nitrogens with one attached hydrogen (secondary N) is 1. The van der Waals surface area contributed by atoms with E-state index in [4.69, 9.17) is 23.7 Å². The van der Waals surface area contributed by atoms with Crippen LogP contribution in [0.5, 0.6) is 0 Å². The summed E-state index contributed by atoms with van der Waals surface area (Å²) in [6, 6.07) is 0. The number of aliphatic hydroxyl groups is 1. The molecule has 8 nitrogen and oxygen atoms in total. The van der Waals surface area contributed by atoms with Crippen LogP contribution in [0, 0.1) is 46.3 Å². The van der Waals surface area contributed by atoms with Gasteiger partial charge in [0.2, 0.25) is 0 Å². The molecule has 5 unspecified atom stereocenters. The van der Waals surface area contributed by atoms with Crippen LogP contribution in [0.4, 0.5) is 4.79 Å². The van der Waals surface area contributed by atoms with Crippen molar-refractivity contribution in [3.63, 3.8) is 0 Å². The summed E-state index contributed by atoms with van der Waals surface area (Å²) in [6.45, 7) is 18.9. The second-order valence-electron chi connectivity index (χ2n) is 16.8. The second-order valence-corrected chi connectivity index (χ2v) is 16.8. The van der Waals surface area contributed by atoms with E-state index in [0.717, 1.165) is 61.2 Å². The van der Waals surface area contributed by atoms with Crippen LogP contribution in [0.3, 0.4) is 0 Å². The number of aliphatic hydroxyl groups excluding tert-OH is 1. The molecule has 3 fully saturated rings. The van der Waals surface area contributed by atoms with Crippen molar-refractivity contribution in [3.05, 3.63) is 11.6 Å². The van der Waals surface area contributed by atoms with Gasteiger partial charge in [-0.1, -0.05) is 72.5 Å². The first kappa shape index (κ1) is 40.6. The zero-order valence-electron chi connectivity index (χ0n) is 32.1. The molecule has 2 N–H and O–H groups in total. The Balaban J connectivity index is 1.07. The summed E-state index contributed by atoms with van der Waals surface area (Å²) in [5.41, 5.74) is 2.35. The largest absolute Gasteiger partial charge is 0.446 e. The van der Waals surface area contributed by atoms with Crippen molar-refractivity contribution >= 4 is 6.09 Å². The summed E-state index contributed by atoms with van der Waals surface area (Å²) >= 11 is 0. The average Bonchev–Trinajstić information content (AvgIpc) is 3.43. The normalized spacial score (nSPS) is 32.2. The summed E-state index contributed by atoms with van der Waals surface area (Å²) in [6.07, 6.45) is 17.3. The predicted octanol–water partition coefficient (Wildman–Crippen LogP) is 8.35. The van der Waals surface area contributed by atoms with Gasteiger partial charge in [-0.25, -0.2) is 4.79 Å². The van der Waals surface area contributed by atoms with Crippen LogP contribution in [0.1, 0.15) is 125 Å². The van der Waals surface area contributed by atoms with E-state index >= 15 is 0 Å². The Labute approximate surface area is 299 Å². The number of hydrogen-bond acceptors (Lipinski definition) is 7. The molecule has 49 heavy (non-hydrogen) atoms. The van der Waals surface area contributed by atoms with Crippen LogP contribution >= 0.6 is 0 Å². The molecule has 0 aliphatic heterocycles. The van der Waals surface area contributed by atoms with Gasteiger partial charge in [0, 0.05) is 19.6 Å². The first-order chi connectivity index (χ1) is 23.6. The summed E-state index contributed by atoms with van der Waals surface area (Å²) in [4.78, 5) is 12.6. The number of rotatable bonds is 22. The third-order valence-electron chi connectivity index (χ3n) is 13.2. The van der Waals surface area contributed by atoms with Crippen molar-refractivity contribution in [1.82, 2.24) is 5.32 Å². The van der Waals surface area contributed by atoms with Crippen molar-refractivity contribution < 1.29 is 33.6 Å². The lowest BCUT2D eigenvalue weighted by atomic mass is 9.47. The van der Waals surface area contributed by atoms with Gasteiger partial charge in [0.05, 0.1) is 52.4 Å². The molecule has 0 spiro atoms. The van der Waals surface area contributed by atoms with Gasteiger partial charge in [0.1, 0.15) is 6.10 Å². The van der Waals surface area contributed by atoms with Gasteiger partial charge in [-0.2, -0.15) is 0 Å². The summed E-state index contributed by atoms with van der Waals surface area (Å²) in [7, 11) is 0. The summed E-state index contributed by atoms with van der Waals surface area (Å²) in [5, 5.41) is 12.4. The van der Waals surface area contributed by atoms with Gasteiger partial charge in [-0.3, -0.25) is 0 Å². The van der Waals surface area contributed by atoms with Gasteiger partial charge in [0.25, 0.3) is 0 Å². The molecule has 4 aliphatic rings. The number of allylic oxidation sites excluding steroid dienone is 1. The molecule has 3 saturated carbocycles. The Morgan fingerprint density at radius 2 is 1.57 bits per heavy atom. The van der Waals surface area contributed by atoms with Gasteiger partial charge in [-0.05, 0) is 104 Å². The lowest BCUT2D eigenvalue weighted by molar-refractivity contribution is -0.0581. The monoisotopic (exact) mass is 692 g/mol. The SMILES string of the molecule is CCC(O)COCCOCCOCCOCCCNC(=O)O[C@@H]1CC[C@]2(C)C(=CCC3C4CCC([C@H](C)CCCC(C)C)[C@]4(C)CCC32)C1. The van der Waals surface area contributed by atoms with E-state index in [-0.39, 0.29) is 17.6 Å². The van der Waals surface area contributed by atoms with E-state index in [1.54, 1.807) is 5.57 Å². The number of hydrogen-bond donors (Lipinski definition) is 2. The van der Waals surface area contributed by atoms with E-state index < -0.39 is 6.10 Å². The van der Waals surface area contributed by atoms with Gasteiger partial charge in [-0.15, -0.1) is 0 Å². The molecule has 4 rings (SSSR count). The zero-order chi connectivity index (χ0) is 35.3. The number of ether oxygens (including phenoxy) is 5. The number of fused-ring (bicyclic) bond motifs is 5. The quantitative estimate of drug-likeness (QED) is 0.0871. The molecule has 0 heterocycles. The number of carbonyl (C=O) groups is 1. The minimum atomic E-state index is -0.401. The van der Waals surface area contributed by atoms with Crippen LogP contribution in [0.25, 0.3) is 0 Å². The molecule has 0 aromatic rings. The van der Waals surface area contributed by atoms with Crippen LogP contribution in [-0.2, 0) is 23.7 Å². The highest BCUT2D eigenvalue weighted by molar-refractivity contribution is 5.67. The first-order valence-electron chi connectivity index (χ1n) is 20.2. The standard InChI is InChI=1S/C41H73NO7/c1-7-33(43)29-48-27-26-47-25-24-46-23-22-45-21-9-20-42-39(44)49-34-16-18-40(5)32(28-34)12-13-35-37-15-14-36(31(4)11-8-10-30(2)3)41(37,6)19-17-38(35)40/h12,30-31,33-38,43H,7-11,13-29H2,1-6H3,(H,42,44)/t31-,33?,34-,35?,36?,37?,38?,40-,41+/m1/s1. The molecule has 0 bridgehead atoms. The van der Waals surface area contributed by atoms with Crippen molar-refractivity contribution in [2.45, 2.75) is 137 Å². The highest BCUT2D eigenvalue weighted by Crippen LogP contribution is 2.67. The van der Waals surface area contributed by atoms with E-state index in [1.807, 2.05) is 6.92 Å². The van der Waals surface area contributed by atoms with E-state index in [2.05, 4.69) is 46.0 Å². The smallest absolute Gasteiger partial charge is 0.407 e. The lowest BCUT2D eigenvalue weighted by Gasteiger charge is -2.58. The average molecular weight is 692 g/mol. The maximum atomic E-state index is 12.6. The minimum absolute atomic E-state index is 0.0221. The fourth-order valence-electron chi connectivity index (χ4n) is 10.3. The van der Waals surface area contributed by atoms with Crippen molar-refractivity contribution in [2.75, 3.05) is 59.4 Å². The fraction of sp³-hybridized carbons (Fsp3) is 0.927. The molecular formula is C41H73NO7. The van der Waals surface area contributed by atoms with Crippen LogP contribution in [-0.4, -0.2) is 82.8 Å². The Bertz CT molecular complexity index is 1000. The van der Waals surface area contributed by atoms with Gasteiger partial charge >= 0.3 is 6.09 Å². The Morgan fingerprint density at radius 3 is 2.27 bits per heavy atom. The van der Waals surface area contributed by atoms with E-state index in [9.17, 15) is 9.90 Å². The van der Waals surface area contributed by atoms with E-state index in [1.165, 1.54) is 51.4 Å².